The molecule has 4 unspecified atom stereocenters. The number of alkyl halides is 2. The van der Waals surface area contributed by atoms with Gasteiger partial charge in [0.25, 0.3) is 0 Å². The number of hydrogen-bond acceptors (Lipinski definition) is 0. The van der Waals surface area contributed by atoms with E-state index in [9.17, 15) is 0 Å². The van der Waals surface area contributed by atoms with E-state index < -0.39 is 0 Å². The molecule has 2 saturated carbocycles. The highest BCUT2D eigenvalue weighted by Crippen LogP contribution is 2.49. The first-order valence-electron chi connectivity index (χ1n) is 4.07. The molecule has 0 saturated heterocycles. The van der Waals surface area contributed by atoms with E-state index in [1.807, 2.05) is 0 Å². The fourth-order valence-electron chi connectivity index (χ4n) is 2.46. The Labute approximate surface area is 89.8 Å². The molecule has 0 aromatic rings. The van der Waals surface area contributed by atoms with Gasteiger partial charge in [-0.15, -0.1) is 0 Å². The number of fused-ring (bicyclic) bond motifs is 1. The molecule has 2 heteroatoms. The maximum atomic E-state index is 2.66. The van der Waals surface area contributed by atoms with Gasteiger partial charge in [-0.3, -0.25) is 0 Å². The third kappa shape index (κ3) is 1.23. The molecule has 2 fully saturated rings. The van der Waals surface area contributed by atoms with Crippen LogP contribution in [0.5, 0.6) is 0 Å². The van der Waals surface area contributed by atoms with E-state index in [2.05, 4.69) is 45.2 Å². The van der Waals surface area contributed by atoms with E-state index in [0.29, 0.717) is 0 Å². The van der Waals surface area contributed by atoms with E-state index in [4.69, 9.17) is 0 Å². The Morgan fingerprint density at radius 3 is 1.50 bits per heavy atom. The molecule has 0 spiro atoms. The van der Waals surface area contributed by atoms with Gasteiger partial charge in [-0.1, -0.05) is 45.2 Å². The van der Waals surface area contributed by atoms with Crippen LogP contribution in [0.4, 0.5) is 0 Å². The molecule has 2 aliphatic carbocycles. The van der Waals surface area contributed by atoms with Gasteiger partial charge in [0.05, 0.1) is 0 Å². The van der Waals surface area contributed by atoms with Gasteiger partial charge in [-0.25, -0.2) is 0 Å². The maximum absolute atomic E-state index is 2.66. The van der Waals surface area contributed by atoms with Crippen molar-refractivity contribution in [3.63, 3.8) is 0 Å². The standard InChI is InChI=1S/C8H12I2/c9-7-3-1-5-6(7)2-4-8(5)10/h5-8H,1-4H2. The van der Waals surface area contributed by atoms with Crippen molar-refractivity contribution < 1.29 is 0 Å². The monoisotopic (exact) mass is 362 g/mol. The summed E-state index contributed by atoms with van der Waals surface area (Å²) in [5.41, 5.74) is 0. The van der Waals surface area contributed by atoms with Crippen LogP contribution in [-0.4, -0.2) is 7.85 Å². The Kier molecular flexibility index (Phi) is 2.48. The molecule has 58 valence electrons. The number of halogens is 2. The van der Waals surface area contributed by atoms with Crippen molar-refractivity contribution in [2.24, 2.45) is 11.8 Å². The topological polar surface area (TPSA) is 0 Å². The summed E-state index contributed by atoms with van der Waals surface area (Å²) in [5.74, 6) is 2.20. The maximum Gasteiger partial charge on any atom is 0.0141 e. The Morgan fingerprint density at radius 2 is 1.10 bits per heavy atom. The van der Waals surface area contributed by atoms with E-state index >= 15 is 0 Å². The smallest absolute Gasteiger partial charge is 0.0141 e. The fraction of sp³-hybridized carbons (Fsp3) is 1.00. The molecule has 0 aromatic heterocycles. The van der Waals surface area contributed by atoms with Gasteiger partial charge in [0.2, 0.25) is 0 Å². The van der Waals surface area contributed by atoms with Crippen LogP contribution in [0.25, 0.3) is 0 Å². The lowest BCUT2D eigenvalue weighted by Crippen LogP contribution is -2.11. The van der Waals surface area contributed by atoms with Crippen LogP contribution in [0.2, 0.25) is 0 Å². The highest BCUT2D eigenvalue weighted by atomic mass is 127. The average molecular weight is 362 g/mol. The molecule has 2 rings (SSSR count). The van der Waals surface area contributed by atoms with Crippen molar-refractivity contribution in [2.45, 2.75) is 33.5 Å². The van der Waals surface area contributed by atoms with E-state index in [1.165, 1.54) is 25.7 Å². The summed E-state index contributed by atoms with van der Waals surface area (Å²) in [6, 6.07) is 0. The fourth-order valence-corrected chi connectivity index (χ4v) is 4.96. The quantitative estimate of drug-likeness (QED) is 0.458. The first-order chi connectivity index (χ1) is 4.79. The molecular formula is C8H12I2. The molecule has 2 aliphatic rings. The second kappa shape index (κ2) is 3.07. The van der Waals surface area contributed by atoms with Crippen LogP contribution in [0, 0.1) is 11.8 Å². The molecule has 0 radical (unpaired) electrons. The highest BCUT2D eigenvalue weighted by molar-refractivity contribution is 14.1. The summed E-state index contributed by atoms with van der Waals surface area (Å²) in [6.45, 7) is 0. The van der Waals surface area contributed by atoms with Gasteiger partial charge in [0.1, 0.15) is 0 Å². The summed E-state index contributed by atoms with van der Waals surface area (Å²) in [6.07, 6.45) is 6.03. The Hall–Kier alpha value is 1.46. The molecule has 0 aliphatic heterocycles. The second-order valence-electron chi connectivity index (χ2n) is 3.51. The van der Waals surface area contributed by atoms with Crippen molar-refractivity contribution in [3.8, 4) is 0 Å². The molecule has 4 atom stereocenters. The van der Waals surface area contributed by atoms with Crippen molar-refractivity contribution in [1.29, 1.82) is 0 Å². The Balaban J connectivity index is 2.09. The third-order valence-corrected chi connectivity index (χ3v) is 6.12. The van der Waals surface area contributed by atoms with Crippen LogP contribution in [0.1, 0.15) is 25.7 Å². The summed E-state index contributed by atoms with van der Waals surface area (Å²) in [7, 11) is 0. The zero-order valence-corrected chi connectivity index (χ0v) is 10.2. The third-order valence-electron chi connectivity index (χ3n) is 3.03. The van der Waals surface area contributed by atoms with Gasteiger partial charge in [-0.05, 0) is 37.5 Å². The van der Waals surface area contributed by atoms with Gasteiger partial charge in [-0.2, -0.15) is 0 Å². The Bertz CT molecular complexity index is 119. The predicted octanol–water partition coefficient (Wildman–Crippen LogP) is 3.41. The minimum absolute atomic E-state index is 1.02. The summed E-state index contributed by atoms with van der Waals surface area (Å²) >= 11 is 5.31. The van der Waals surface area contributed by atoms with Crippen LogP contribution < -0.4 is 0 Å². The van der Waals surface area contributed by atoms with Crippen LogP contribution >= 0.6 is 45.2 Å². The van der Waals surface area contributed by atoms with Crippen LogP contribution in [0.15, 0.2) is 0 Å². The minimum atomic E-state index is 1.02. The largest absolute Gasteiger partial charge is 0.0823 e. The lowest BCUT2D eigenvalue weighted by Gasteiger charge is -2.13. The molecular weight excluding hydrogens is 350 g/mol. The number of rotatable bonds is 0. The molecule has 0 nitrogen and oxygen atoms in total. The lowest BCUT2D eigenvalue weighted by atomic mass is 10.0. The van der Waals surface area contributed by atoms with Gasteiger partial charge >= 0.3 is 0 Å². The minimum Gasteiger partial charge on any atom is -0.0823 e. The van der Waals surface area contributed by atoms with Gasteiger partial charge < -0.3 is 0 Å². The zero-order valence-electron chi connectivity index (χ0n) is 5.89. The van der Waals surface area contributed by atoms with Crippen LogP contribution in [-0.2, 0) is 0 Å². The van der Waals surface area contributed by atoms with Crippen molar-refractivity contribution >= 4 is 45.2 Å². The van der Waals surface area contributed by atoms with Gasteiger partial charge in [0.15, 0.2) is 0 Å². The predicted molar refractivity (Wildman–Crippen MR) is 61.1 cm³/mol. The Morgan fingerprint density at radius 1 is 0.700 bits per heavy atom. The van der Waals surface area contributed by atoms with Crippen molar-refractivity contribution in [3.05, 3.63) is 0 Å². The highest BCUT2D eigenvalue weighted by Gasteiger charge is 2.42. The van der Waals surface area contributed by atoms with Gasteiger partial charge in [0, 0.05) is 7.85 Å². The molecule has 0 heterocycles. The van der Waals surface area contributed by atoms with E-state index in [0.717, 1.165) is 19.7 Å². The van der Waals surface area contributed by atoms with E-state index in [1.54, 1.807) is 0 Å². The summed E-state index contributed by atoms with van der Waals surface area (Å²) in [5, 5.41) is 0. The molecule has 0 bridgehead atoms. The second-order valence-corrected chi connectivity index (χ2v) is 6.71. The van der Waals surface area contributed by atoms with Crippen LogP contribution in [0.3, 0.4) is 0 Å². The van der Waals surface area contributed by atoms with E-state index in [-0.39, 0.29) is 0 Å². The molecule has 0 N–H and O–H groups in total. The SMILES string of the molecule is IC1CCC2C(I)CCC12. The summed E-state index contributed by atoms with van der Waals surface area (Å²) < 4.78 is 2.03. The molecule has 0 amide bonds. The zero-order chi connectivity index (χ0) is 7.14. The number of hydrogen-bond donors (Lipinski definition) is 0. The lowest BCUT2D eigenvalue weighted by molar-refractivity contribution is 0.480. The summed E-state index contributed by atoms with van der Waals surface area (Å²) in [4.78, 5) is 0. The molecule has 0 aromatic carbocycles. The average Bonchev–Trinajstić information content (AvgIpc) is 2.41. The van der Waals surface area contributed by atoms with Crippen molar-refractivity contribution in [2.75, 3.05) is 0 Å². The molecule has 10 heavy (non-hydrogen) atoms. The first-order valence-corrected chi connectivity index (χ1v) is 6.56. The normalized spacial score (nSPS) is 53.4. The first kappa shape index (κ1) is 8.08. The van der Waals surface area contributed by atoms with Crippen molar-refractivity contribution in [1.82, 2.24) is 0 Å².